The average molecular weight is 575 g/mol. The summed E-state index contributed by atoms with van der Waals surface area (Å²) in [5.41, 5.74) is 0.294. The number of hydrogen-bond acceptors (Lipinski definition) is 5. The highest BCUT2D eigenvalue weighted by Crippen LogP contribution is 2.40. The first kappa shape index (κ1) is 30.2. The van der Waals surface area contributed by atoms with E-state index in [1.807, 2.05) is 14.0 Å². The molecular weight excluding hydrogens is 540 g/mol. The number of pyridine rings is 2. The number of rotatable bonds is 9. The number of halogens is 4. The number of aromatic nitrogens is 2. The first-order valence-corrected chi connectivity index (χ1v) is 13.6. The molecule has 0 saturated heterocycles. The van der Waals surface area contributed by atoms with E-state index in [4.69, 9.17) is 4.74 Å². The molecule has 0 N–H and O–H groups in total. The van der Waals surface area contributed by atoms with Crippen molar-refractivity contribution < 1.29 is 27.1 Å². The molecule has 2 aromatic heterocycles. The molecule has 0 saturated carbocycles. The summed E-state index contributed by atoms with van der Waals surface area (Å²) in [6.07, 6.45) is -1.72. The maximum atomic E-state index is 14.2. The molecule has 41 heavy (non-hydrogen) atoms. The van der Waals surface area contributed by atoms with Gasteiger partial charge in [-0.25, -0.2) is 4.39 Å². The number of hydrogen-bond donors (Lipinski definition) is 0. The second-order valence-electron chi connectivity index (χ2n) is 10.3. The van der Waals surface area contributed by atoms with Gasteiger partial charge in [-0.1, -0.05) is 13.0 Å². The normalized spacial score (nSPS) is 14.4. The van der Waals surface area contributed by atoms with Crippen molar-refractivity contribution in [1.82, 2.24) is 19.4 Å². The van der Waals surface area contributed by atoms with Crippen LogP contribution in [0.15, 0.2) is 41.5 Å². The Hall–Kier alpha value is -3.73. The molecule has 220 valence electrons. The van der Waals surface area contributed by atoms with Crippen molar-refractivity contribution >= 4 is 5.91 Å². The Kier molecular flexibility index (Phi) is 8.86. The monoisotopic (exact) mass is 574 g/mol. The Morgan fingerprint density at radius 1 is 1.10 bits per heavy atom. The molecule has 1 aliphatic rings. The number of aryl methyl sites for hydroxylation is 1. The van der Waals surface area contributed by atoms with E-state index in [2.05, 4.69) is 9.88 Å². The topological polar surface area (TPSA) is 67.7 Å². The second-order valence-corrected chi connectivity index (χ2v) is 10.3. The van der Waals surface area contributed by atoms with Crippen LogP contribution in [-0.4, -0.2) is 58.5 Å². The first-order valence-electron chi connectivity index (χ1n) is 13.6. The molecule has 4 rings (SSSR count). The van der Waals surface area contributed by atoms with Crippen molar-refractivity contribution in [3.8, 4) is 16.9 Å². The number of carbonyl (C=O) groups is 1. The molecule has 1 aromatic carbocycles. The summed E-state index contributed by atoms with van der Waals surface area (Å²) in [6.45, 7) is 7.41. The van der Waals surface area contributed by atoms with Crippen LogP contribution in [0.25, 0.3) is 11.1 Å². The lowest BCUT2D eigenvalue weighted by Gasteiger charge is -2.35. The molecule has 7 nitrogen and oxygen atoms in total. The Labute approximate surface area is 236 Å². The van der Waals surface area contributed by atoms with Crippen molar-refractivity contribution in [2.75, 3.05) is 33.3 Å². The van der Waals surface area contributed by atoms with E-state index in [0.29, 0.717) is 47.0 Å². The van der Waals surface area contributed by atoms with E-state index in [-0.39, 0.29) is 36.8 Å². The second kappa shape index (κ2) is 12.0. The largest absolute Gasteiger partial charge is 0.491 e. The van der Waals surface area contributed by atoms with Gasteiger partial charge in [0, 0.05) is 49.6 Å². The van der Waals surface area contributed by atoms with Crippen LogP contribution >= 0.6 is 0 Å². The number of alkyl halides is 3. The summed E-state index contributed by atoms with van der Waals surface area (Å²) in [5, 5.41) is 0. The van der Waals surface area contributed by atoms with Gasteiger partial charge in [-0.3, -0.25) is 14.6 Å². The summed E-state index contributed by atoms with van der Waals surface area (Å²) in [4.78, 5) is 34.0. The molecule has 0 aliphatic carbocycles. The lowest BCUT2D eigenvalue weighted by molar-refractivity contribution is -0.137. The predicted molar refractivity (Wildman–Crippen MR) is 148 cm³/mol. The Bertz CT molecular complexity index is 1500. The quantitative estimate of drug-likeness (QED) is 0.327. The molecule has 1 amide bonds. The number of ether oxygens (including phenoxy) is 1. The third kappa shape index (κ3) is 6.29. The first-order chi connectivity index (χ1) is 19.3. The fourth-order valence-corrected chi connectivity index (χ4v) is 5.08. The van der Waals surface area contributed by atoms with E-state index in [1.54, 1.807) is 30.9 Å². The minimum Gasteiger partial charge on any atom is -0.491 e. The molecule has 11 heteroatoms. The van der Waals surface area contributed by atoms with Crippen molar-refractivity contribution in [3.63, 3.8) is 0 Å². The molecule has 0 spiro atoms. The Balaban J connectivity index is 1.84. The zero-order chi connectivity index (χ0) is 30.1. The van der Waals surface area contributed by atoms with Crippen LogP contribution in [0.5, 0.6) is 5.75 Å². The van der Waals surface area contributed by atoms with Crippen molar-refractivity contribution in [1.29, 1.82) is 0 Å². The van der Waals surface area contributed by atoms with Crippen LogP contribution in [0.1, 0.15) is 59.6 Å². The third-order valence-electron chi connectivity index (χ3n) is 7.59. The highest BCUT2D eigenvalue weighted by Gasteiger charge is 2.37. The van der Waals surface area contributed by atoms with Gasteiger partial charge in [0.25, 0.3) is 11.5 Å². The number of amides is 1. The lowest BCUT2D eigenvalue weighted by Crippen LogP contribution is -2.40. The van der Waals surface area contributed by atoms with Gasteiger partial charge in [0.15, 0.2) is 11.6 Å². The fourth-order valence-electron chi connectivity index (χ4n) is 5.08. The lowest BCUT2D eigenvalue weighted by atomic mass is 9.86. The molecule has 0 bridgehead atoms. The number of fused-ring (bicyclic) bond motifs is 1. The van der Waals surface area contributed by atoms with Crippen molar-refractivity contribution in [2.24, 2.45) is 7.05 Å². The highest BCUT2D eigenvalue weighted by molar-refractivity contribution is 5.99. The van der Waals surface area contributed by atoms with Gasteiger partial charge in [0.1, 0.15) is 0 Å². The van der Waals surface area contributed by atoms with Crippen LogP contribution in [0, 0.1) is 5.82 Å². The van der Waals surface area contributed by atoms with Gasteiger partial charge in [-0.15, -0.1) is 0 Å². The van der Waals surface area contributed by atoms with E-state index in [9.17, 15) is 27.2 Å². The van der Waals surface area contributed by atoms with Crippen LogP contribution in [0.3, 0.4) is 0 Å². The molecular formula is C30H34F4N4O3. The van der Waals surface area contributed by atoms with Crippen molar-refractivity contribution in [2.45, 2.75) is 45.8 Å². The predicted octanol–water partition coefficient (Wildman–Crippen LogP) is 5.26. The van der Waals surface area contributed by atoms with E-state index in [0.717, 1.165) is 17.3 Å². The van der Waals surface area contributed by atoms with Gasteiger partial charge in [-0.2, -0.15) is 13.2 Å². The molecule has 0 unspecified atom stereocenters. The number of benzene rings is 1. The van der Waals surface area contributed by atoms with Gasteiger partial charge in [0.2, 0.25) is 0 Å². The summed E-state index contributed by atoms with van der Waals surface area (Å²) in [5.74, 6) is -0.927. The SMILES string of the molecule is CCOc1cc([C@H](C)N2CCc3c(cc(CCN(C)CC)cc3-c3cn(C)c(=O)cc3C(F)(F)F)C2=O)ncc1F. The summed E-state index contributed by atoms with van der Waals surface area (Å²) < 4.78 is 63.1. The summed E-state index contributed by atoms with van der Waals surface area (Å²) in [7, 11) is 3.34. The van der Waals surface area contributed by atoms with E-state index < -0.39 is 29.2 Å². The molecule has 1 atom stereocenters. The maximum absolute atomic E-state index is 14.2. The van der Waals surface area contributed by atoms with Gasteiger partial charge < -0.3 is 19.1 Å². The summed E-state index contributed by atoms with van der Waals surface area (Å²) in [6, 6.07) is 4.99. The smallest absolute Gasteiger partial charge is 0.417 e. The molecule has 3 heterocycles. The van der Waals surface area contributed by atoms with Gasteiger partial charge in [0.05, 0.1) is 30.1 Å². The Morgan fingerprint density at radius 3 is 2.46 bits per heavy atom. The minimum atomic E-state index is -4.76. The van der Waals surface area contributed by atoms with E-state index >= 15 is 0 Å². The van der Waals surface area contributed by atoms with E-state index in [1.165, 1.54) is 19.3 Å². The fraction of sp³-hybridized carbons (Fsp3) is 0.433. The standard InChI is InChI=1S/C30H34F4N4O3/c1-6-36(4)10-8-19-12-21(23-17-37(5)28(39)14-24(23)30(32,33)34)20-9-11-38(29(40)22(20)13-19)18(3)26-15-27(41-7-2)25(31)16-35-26/h12-18H,6-11H2,1-5H3/t18-/m0/s1. The third-order valence-corrected chi connectivity index (χ3v) is 7.59. The number of likely N-dealkylation sites (N-methyl/N-ethyl adjacent to an activating group) is 1. The average Bonchev–Trinajstić information content (AvgIpc) is 2.93. The van der Waals surface area contributed by atoms with Crippen molar-refractivity contribution in [3.05, 3.63) is 80.8 Å². The molecule has 0 radical (unpaired) electrons. The van der Waals surface area contributed by atoms with Crippen LogP contribution in [-0.2, 0) is 26.1 Å². The van der Waals surface area contributed by atoms with Gasteiger partial charge in [-0.05, 0) is 63.0 Å². The van der Waals surface area contributed by atoms with Crippen LogP contribution < -0.4 is 10.3 Å². The number of nitrogens with zero attached hydrogens (tertiary/aromatic N) is 4. The van der Waals surface area contributed by atoms with Crippen LogP contribution in [0.2, 0.25) is 0 Å². The molecule has 0 fully saturated rings. The Morgan fingerprint density at radius 2 is 1.80 bits per heavy atom. The zero-order valence-corrected chi connectivity index (χ0v) is 23.8. The number of carbonyl (C=O) groups excluding carboxylic acids is 1. The maximum Gasteiger partial charge on any atom is 0.417 e. The van der Waals surface area contributed by atoms with Gasteiger partial charge >= 0.3 is 6.18 Å². The zero-order valence-electron chi connectivity index (χ0n) is 23.8. The van der Waals surface area contributed by atoms with Crippen LogP contribution in [0.4, 0.5) is 17.6 Å². The molecule has 3 aromatic rings. The molecule has 1 aliphatic heterocycles. The highest BCUT2D eigenvalue weighted by atomic mass is 19.4. The minimum absolute atomic E-state index is 0.0354. The summed E-state index contributed by atoms with van der Waals surface area (Å²) >= 11 is 0.